The molecule has 0 atom stereocenters. The Morgan fingerprint density at radius 1 is 0.970 bits per heavy atom. The zero-order valence-corrected chi connectivity index (χ0v) is 19.0. The van der Waals surface area contributed by atoms with Crippen LogP contribution in [0.5, 0.6) is 0 Å². The van der Waals surface area contributed by atoms with E-state index in [2.05, 4.69) is 5.32 Å². The summed E-state index contributed by atoms with van der Waals surface area (Å²) in [7, 11) is -1.36. The number of amides is 2. The number of carbonyl (C=O) groups is 2. The summed E-state index contributed by atoms with van der Waals surface area (Å²) in [5.74, 6) is -0.572. The Labute approximate surface area is 192 Å². The van der Waals surface area contributed by atoms with Gasteiger partial charge in [0, 0.05) is 36.1 Å². The van der Waals surface area contributed by atoms with E-state index in [0.717, 1.165) is 22.1 Å². The monoisotopic (exact) mass is 465 g/mol. The summed E-state index contributed by atoms with van der Waals surface area (Å²) in [6, 6.07) is 20.1. The Bertz CT molecular complexity index is 1310. The fourth-order valence-electron chi connectivity index (χ4n) is 3.65. The topological polar surface area (TPSA) is 96.0 Å². The molecule has 9 heteroatoms. The Hall–Kier alpha value is -3.53. The van der Waals surface area contributed by atoms with Gasteiger partial charge in [0.1, 0.15) is 0 Å². The number of fused-ring (bicyclic) bond motifs is 1. The summed E-state index contributed by atoms with van der Waals surface area (Å²) in [5.41, 5.74) is 3.25. The summed E-state index contributed by atoms with van der Waals surface area (Å²) in [6.07, 6.45) is 0.824. The van der Waals surface area contributed by atoms with Crippen molar-refractivity contribution in [1.29, 1.82) is 0 Å². The van der Waals surface area contributed by atoms with E-state index < -0.39 is 15.9 Å². The molecule has 0 aliphatic carbocycles. The van der Waals surface area contributed by atoms with Crippen LogP contribution in [0.2, 0.25) is 0 Å². The van der Waals surface area contributed by atoms with Gasteiger partial charge in [0.25, 0.3) is 21.8 Å². The van der Waals surface area contributed by atoms with Crippen LogP contribution < -0.4 is 10.2 Å². The summed E-state index contributed by atoms with van der Waals surface area (Å²) in [6.45, 7) is 0.633. The highest BCUT2D eigenvalue weighted by Crippen LogP contribution is 2.29. The third-order valence-electron chi connectivity index (χ3n) is 5.51. The maximum Gasteiger partial charge on any atom is 0.264 e. The first-order valence-corrected chi connectivity index (χ1v) is 11.7. The van der Waals surface area contributed by atoms with E-state index in [9.17, 15) is 18.0 Å². The molecular formula is C24H23N3O5S. The smallest absolute Gasteiger partial charge is 0.264 e. The number of carbonyl (C=O) groups excluding carboxylic acids is 2. The summed E-state index contributed by atoms with van der Waals surface area (Å²) >= 11 is 0. The summed E-state index contributed by atoms with van der Waals surface area (Å²) in [4.78, 5) is 32.1. The van der Waals surface area contributed by atoms with Crippen LogP contribution in [0.4, 0.5) is 11.4 Å². The molecule has 1 aliphatic rings. The Morgan fingerprint density at radius 2 is 1.70 bits per heavy atom. The maximum absolute atomic E-state index is 12.9. The molecule has 0 spiro atoms. The van der Waals surface area contributed by atoms with Gasteiger partial charge in [-0.15, -0.1) is 0 Å². The number of nitrogens with zero attached hydrogens (tertiary/aromatic N) is 2. The molecule has 3 aromatic carbocycles. The van der Waals surface area contributed by atoms with Crippen LogP contribution in [0.3, 0.4) is 0 Å². The molecule has 0 saturated carbocycles. The molecule has 0 unspecified atom stereocenters. The Balaban J connectivity index is 1.47. The SMILES string of the molecule is CON(C)S(=O)(=O)c1cccc(C(=O)Nc2ccc(C(=O)N3CCc4ccccc43)cc2)c1. The quantitative estimate of drug-likeness (QED) is 0.564. The van der Waals surface area contributed by atoms with Crippen LogP contribution in [0.25, 0.3) is 0 Å². The van der Waals surface area contributed by atoms with E-state index in [1.54, 1.807) is 29.2 Å². The summed E-state index contributed by atoms with van der Waals surface area (Å²) < 4.78 is 25.6. The average Bonchev–Trinajstić information content (AvgIpc) is 3.27. The zero-order valence-electron chi connectivity index (χ0n) is 18.2. The molecule has 4 rings (SSSR count). The largest absolute Gasteiger partial charge is 0.322 e. The first-order chi connectivity index (χ1) is 15.8. The Morgan fingerprint density at radius 3 is 2.42 bits per heavy atom. The Kier molecular flexibility index (Phi) is 6.28. The molecule has 1 N–H and O–H groups in total. The van der Waals surface area contributed by atoms with Crippen molar-refractivity contribution in [2.75, 3.05) is 30.9 Å². The van der Waals surface area contributed by atoms with E-state index in [1.165, 1.54) is 38.4 Å². The number of nitrogens with one attached hydrogen (secondary N) is 1. The van der Waals surface area contributed by atoms with E-state index in [-0.39, 0.29) is 16.4 Å². The van der Waals surface area contributed by atoms with E-state index >= 15 is 0 Å². The third kappa shape index (κ3) is 4.51. The molecule has 0 radical (unpaired) electrons. The first kappa shape index (κ1) is 22.7. The average molecular weight is 466 g/mol. The minimum absolute atomic E-state index is 0.0636. The van der Waals surface area contributed by atoms with Crippen molar-refractivity contribution in [2.24, 2.45) is 0 Å². The van der Waals surface area contributed by atoms with Crippen LogP contribution in [-0.4, -0.2) is 45.4 Å². The van der Waals surface area contributed by atoms with Gasteiger partial charge in [-0.1, -0.05) is 28.7 Å². The number of hydrogen-bond acceptors (Lipinski definition) is 5. The highest BCUT2D eigenvalue weighted by Gasteiger charge is 2.25. The van der Waals surface area contributed by atoms with E-state index in [0.29, 0.717) is 17.8 Å². The van der Waals surface area contributed by atoms with Gasteiger partial charge in [0.2, 0.25) is 0 Å². The first-order valence-electron chi connectivity index (χ1n) is 10.3. The van der Waals surface area contributed by atoms with Crippen molar-refractivity contribution in [2.45, 2.75) is 11.3 Å². The number of para-hydroxylation sites is 1. The summed E-state index contributed by atoms with van der Waals surface area (Å²) in [5, 5.41) is 2.73. The molecule has 1 aliphatic heterocycles. The fourth-order valence-corrected chi connectivity index (χ4v) is 4.67. The number of anilines is 2. The lowest BCUT2D eigenvalue weighted by atomic mass is 10.1. The third-order valence-corrected chi connectivity index (χ3v) is 7.19. The lowest BCUT2D eigenvalue weighted by molar-refractivity contribution is -0.0258. The molecule has 0 fully saturated rings. The molecule has 3 aromatic rings. The van der Waals surface area contributed by atoms with Crippen LogP contribution in [0, 0.1) is 0 Å². The normalized spacial score (nSPS) is 13.1. The van der Waals surface area contributed by atoms with Gasteiger partial charge in [0.05, 0.1) is 12.0 Å². The number of rotatable bonds is 6. The molecule has 1 heterocycles. The van der Waals surface area contributed by atoms with Gasteiger partial charge < -0.3 is 10.2 Å². The number of hydroxylamine groups is 1. The van der Waals surface area contributed by atoms with Crippen molar-refractivity contribution in [3.05, 3.63) is 89.5 Å². The minimum atomic E-state index is -3.87. The molecule has 0 aromatic heterocycles. The standard InChI is InChI=1S/C24H23N3O5S/c1-26(32-2)33(30,31)21-8-5-7-19(16-21)23(28)25-20-12-10-18(11-13-20)24(29)27-15-14-17-6-3-4-9-22(17)27/h3-13,16H,14-15H2,1-2H3,(H,25,28). The second-order valence-corrected chi connectivity index (χ2v) is 9.43. The van der Waals surface area contributed by atoms with Gasteiger partial charge in [0.15, 0.2) is 0 Å². The van der Waals surface area contributed by atoms with Crippen molar-refractivity contribution >= 4 is 33.2 Å². The van der Waals surface area contributed by atoms with Gasteiger partial charge in [-0.05, 0) is 60.5 Å². The molecule has 8 nitrogen and oxygen atoms in total. The lowest BCUT2D eigenvalue weighted by Gasteiger charge is -2.17. The van der Waals surface area contributed by atoms with Crippen LogP contribution in [0.15, 0.2) is 77.7 Å². The molecule has 2 amide bonds. The van der Waals surface area contributed by atoms with Gasteiger partial charge in [-0.2, -0.15) is 0 Å². The highest BCUT2D eigenvalue weighted by molar-refractivity contribution is 7.89. The fraction of sp³-hybridized carbons (Fsp3) is 0.167. The molecular weight excluding hydrogens is 442 g/mol. The molecule has 170 valence electrons. The predicted octanol–water partition coefficient (Wildman–Crippen LogP) is 3.32. The van der Waals surface area contributed by atoms with Crippen LogP contribution >= 0.6 is 0 Å². The maximum atomic E-state index is 12.9. The minimum Gasteiger partial charge on any atom is -0.322 e. The number of benzene rings is 3. The van der Waals surface area contributed by atoms with Crippen molar-refractivity contribution in [3.63, 3.8) is 0 Å². The molecule has 0 bridgehead atoms. The van der Waals surface area contributed by atoms with Crippen molar-refractivity contribution in [1.82, 2.24) is 4.47 Å². The highest BCUT2D eigenvalue weighted by atomic mass is 32.2. The second-order valence-electron chi connectivity index (χ2n) is 7.49. The van der Waals surface area contributed by atoms with Crippen molar-refractivity contribution < 1.29 is 22.8 Å². The van der Waals surface area contributed by atoms with Gasteiger partial charge in [-0.3, -0.25) is 14.4 Å². The zero-order chi connectivity index (χ0) is 23.6. The second kappa shape index (κ2) is 9.14. The lowest BCUT2D eigenvalue weighted by Crippen LogP contribution is -2.28. The van der Waals surface area contributed by atoms with Gasteiger partial charge in [-0.25, -0.2) is 8.42 Å². The van der Waals surface area contributed by atoms with E-state index in [4.69, 9.17) is 4.84 Å². The van der Waals surface area contributed by atoms with Gasteiger partial charge >= 0.3 is 0 Å². The van der Waals surface area contributed by atoms with Crippen LogP contribution in [-0.2, 0) is 21.3 Å². The van der Waals surface area contributed by atoms with Crippen LogP contribution in [0.1, 0.15) is 26.3 Å². The van der Waals surface area contributed by atoms with E-state index in [1.807, 2.05) is 24.3 Å². The molecule has 33 heavy (non-hydrogen) atoms. The number of sulfonamides is 1. The molecule has 0 saturated heterocycles. The predicted molar refractivity (Wildman–Crippen MR) is 125 cm³/mol. The number of hydrogen-bond donors (Lipinski definition) is 1. The van der Waals surface area contributed by atoms with Crippen molar-refractivity contribution in [3.8, 4) is 0 Å².